The van der Waals surface area contributed by atoms with Gasteiger partial charge >= 0.3 is 5.97 Å². The van der Waals surface area contributed by atoms with Crippen molar-refractivity contribution in [3.05, 3.63) is 21.7 Å². The number of aromatic hydroxyl groups is 1. The maximum atomic E-state index is 10.7. The van der Waals surface area contributed by atoms with E-state index in [0.29, 0.717) is 21.7 Å². The number of nitrogens with two attached hydrogens (primary N) is 1. The molecule has 1 aromatic rings. The number of hydrogen-bond donors (Lipinski definition) is 3. The Morgan fingerprint density at radius 1 is 1.44 bits per heavy atom. The molecule has 6 heteroatoms. The average Bonchev–Trinajstić information content (AvgIpc) is 2.26. The van der Waals surface area contributed by atoms with Crippen LogP contribution in [0.25, 0.3) is 0 Å². The molecular weight excluding hydrogens is 258 g/mol. The molecule has 1 rings (SSSR count). The van der Waals surface area contributed by atoms with E-state index in [-0.39, 0.29) is 17.9 Å². The van der Waals surface area contributed by atoms with Crippen molar-refractivity contribution in [2.45, 2.75) is 26.3 Å². The van der Waals surface area contributed by atoms with Gasteiger partial charge in [0.15, 0.2) is 11.5 Å². The highest BCUT2D eigenvalue weighted by Crippen LogP contribution is 2.43. The zero-order valence-corrected chi connectivity index (χ0v) is 11.2. The van der Waals surface area contributed by atoms with Gasteiger partial charge in [0.2, 0.25) is 0 Å². The minimum atomic E-state index is -1.04. The molecule has 0 fully saturated rings. The van der Waals surface area contributed by atoms with Gasteiger partial charge in [-0.1, -0.05) is 11.6 Å². The highest BCUT2D eigenvalue weighted by Gasteiger charge is 2.24. The number of carboxylic acid groups (broad SMARTS) is 1. The molecule has 0 aliphatic carbocycles. The molecule has 0 spiro atoms. The molecule has 100 valence electrons. The highest BCUT2D eigenvalue weighted by atomic mass is 35.5. The third kappa shape index (κ3) is 2.52. The third-order valence-corrected chi connectivity index (χ3v) is 3.41. The van der Waals surface area contributed by atoms with Crippen LogP contribution >= 0.6 is 11.6 Å². The standard InChI is InChI=1S/C12H16ClNO4/c1-5-9(7(14)4-8(15)16)11(17)12(18-3)6(2)10(5)13/h7,17H,4,14H2,1-3H3,(H,15,16). The Hall–Kier alpha value is -1.46. The molecule has 0 amide bonds. The molecular formula is C12H16ClNO4. The van der Waals surface area contributed by atoms with Gasteiger partial charge in [0, 0.05) is 17.2 Å². The Morgan fingerprint density at radius 2 is 2.00 bits per heavy atom. The van der Waals surface area contributed by atoms with Crippen LogP contribution in [0.2, 0.25) is 5.02 Å². The molecule has 0 aromatic heterocycles. The molecule has 5 nitrogen and oxygen atoms in total. The van der Waals surface area contributed by atoms with Crippen LogP contribution in [0.15, 0.2) is 0 Å². The smallest absolute Gasteiger partial charge is 0.305 e. The topological polar surface area (TPSA) is 92.8 Å². The fraction of sp³-hybridized carbons (Fsp3) is 0.417. The van der Waals surface area contributed by atoms with Gasteiger partial charge in [0.25, 0.3) is 0 Å². The number of halogens is 1. The van der Waals surface area contributed by atoms with Crippen LogP contribution in [0, 0.1) is 13.8 Å². The third-order valence-electron chi connectivity index (χ3n) is 2.84. The first kappa shape index (κ1) is 14.6. The monoisotopic (exact) mass is 273 g/mol. The zero-order valence-electron chi connectivity index (χ0n) is 10.5. The van der Waals surface area contributed by atoms with E-state index in [1.54, 1.807) is 13.8 Å². The predicted octanol–water partition coefficient (Wildman–Crippen LogP) is 2.15. The molecule has 18 heavy (non-hydrogen) atoms. The van der Waals surface area contributed by atoms with Crippen LogP contribution in [-0.2, 0) is 4.79 Å². The Bertz CT molecular complexity index is 488. The minimum absolute atomic E-state index is 0.148. The number of hydrogen-bond acceptors (Lipinski definition) is 4. The van der Waals surface area contributed by atoms with Crippen molar-refractivity contribution in [3.63, 3.8) is 0 Å². The van der Waals surface area contributed by atoms with Gasteiger partial charge in [0.05, 0.1) is 18.6 Å². The molecule has 4 N–H and O–H groups in total. The Kier molecular flexibility index (Phi) is 4.43. The van der Waals surface area contributed by atoms with Gasteiger partial charge in [-0.25, -0.2) is 0 Å². The number of methoxy groups -OCH3 is 1. The molecule has 1 unspecified atom stereocenters. The summed E-state index contributed by atoms with van der Waals surface area (Å²) >= 11 is 6.13. The van der Waals surface area contributed by atoms with Gasteiger partial charge in [0.1, 0.15) is 0 Å². The SMILES string of the molecule is COc1c(C)c(Cl)c(C)c(C(N)CC(=O)O)c1O. The summed E-state index contributed by atoms with van der Waals surface area (Å²) < 4.78 is 5.07. The Balaban J connectivity index is 3.44. The number of phenolic OH excluding ortho intramolecular Hbond substituents is 1. The Morgan fingerprint density at radius 3 is 2.44 bits per heavy atom. The number of ether oxygens (including phenoxy) is 1. The quantitative estimate of drug-likeness (QED) is 0.782. The Labute approximate surface area is 110 Å². The van der Waals surface area contributed by atoms with Crippen LogP contribution in [0.4, 0.5) is 0 Å². The molecule has 0 aliphatic rings. The van der Waals surface area contributed by atoms with Crippen molar-refractivity contribution >= 4 is 17.6 Å². The molecule has 0 bridgehead atoms. The molecule has 0 heterocycles. The second-order valence-corrected chi connectivity index (χ2v) is 4.44. The van der Waals surface area contributed by atoms with Crippen molar-refractivity contribution in [2.75, 3.05) is 7.11 Å². The van der Waals surface area contributed by atoms with Crippen molar-refractivity contribution in [2.24, 2.45) is 5.73 Å². The van der Waals surface area contributed by atoms with E-state index in [0.717, 1.165) is 0 Å². The van der Waals surface area contributed by atoms with E-state index in [2.05, 4.69) is 0 Å². The summed E-state index contributed by atoms with van der Waals surface area (Å²) in [7, 11) is 1.40. The predicted molar refractivity (Wildman–Crippen MR) is 68.3 cm³/mol. The van der Waals surface area contributed by atoms with Crippen LogP contribution < -0.4 is 10.5 Å². The summed E-state index contributed by atoms with van der Waals surface area (Å²) in [4.78, 5) is 10.7. The molecule has 1 atom stereocenters. The summed E-state index contributed by atoms with van der Waals surface area (Å²) in [6, 6.07) is -0.838. The maximum Gasteiger partial charge on any atom is 0.305 e. The second-order valence-electron chi connectivity index (χ2n) is 4.06. The van der Waals surface area contributed by atoms with Crippen molar-refractivity contribution in [3.8, 4) is 11.5 Å². The lowest BCUT2D eigenvalue weighted by atomic mass is 9.95. The van der Waals surface area contributed by atoms with Gasteiger partial charge < -0.3 is 20.7 Å². The van der Waals surface area contributed by atoms with E-state index >= 15 is 0 Å². The van der Waals surface area contributed by atoms with Gasteiger partial charge in [-0.2, -0.15) is 0 Å². The zero-order chi connectivity index (χ0) is 14.0. The van der Waals surface area contributed by atoms with Crippen molar-refractivity contribution in [1.82, 2.24) is 0 Å². The van der Waals surface area contributed by atoms with E-state index in [1.807, 2.05) is 0 Å². The maximum absolute atomic E-state index is 10.7. The van der Waals surface area contributed by atoms with Crippen LogP contribution in [0.1, 0.15) is 29.2 Å². The van der Waals surface area contributed by atoms with Gasteiger partial charge in [-0.15, -0.1) is 0 Å². The molecule has 0 radical (unpaired) electrons. The first-order chi connectivity index (χ1) is 8.31. The normalized spacial score (nSPS) is 12.3. The fourth-order valence-corrected chi connectivity index (χ4v) is 2.16. The number of aliphatic carboxylic acids is 1. The lowest BCUT2D eigenvalue weighted by Gasteiger charge is -2.20. The van der Waals surface area contributed by atoms with Crippen molar-refractivity contribution in [1.29, 1.82) is 0 Å². The molecule has 1 aromatic carbocycles. The number of rotatable bonds is 4. The summed E-state index contributed by atoms with van der Waals surface area (Å²) in [5.74, 6) is -0.968. The van der Waals surface area contributed by atoms with Crippen LogP contribution in [-0.4, -0.2) is 23.3 Å². The van der Waals surface area contributed by atoms with E-state index < -0.39 is 12.0 Å². The van der Waals surface area contributed by atoms with Crippen molar-refractivity contribution < 1.29 is 19.7 Å². The van der Waals surface area contributed by atoms with Crippen LogP contribution in [0.5, 0.6) is 11.5 Å². The number of benzene rings is 1. The number of phenols is 1. The largest absolute Gasteiger partial charge is 0.504 e. The number of carbonyl (C=O) groups is 1. The highest BCUT2D eigenvalue weighted by molar-refractivity contribution is 6.32. The van der Waals surface area contributed by atoms with E-state index in [1.165, 1.54) is 7.11 Å². The average molecular weight is 274 g/mol. The summed E-state index contributed by atoms with van der Waals surface area (Å²) in [5, 5.41) is 19.3. The summed E-state index contributed by atoms with van der Waals surface area (Å²) in [6.45, 7) is 3.39. The summed E-state index contributed by atoms with van der Waals surface area (Å²) in [6.07, 6.45) is -0.295. The van der Waals surface area contributed by atoms with Gasteiger partial charge in [-0.3, -0.25) is 4.79 Å². The minimum Gasteiger partial charge on any atom is -0.504 e. The first-order valence-corrected chi connectivity index (χ1v) is 5.71. The number of carboxylic acids is 1. The van der Waals surface area contributed by atoms with E-state index in [9.17, 15) is 9.90 Å². The molecule has 0 saturated heterocycles. The van der Waals surface area contributed by atoms with Gasteiger partial charge in [-0.05, 0) is 19.4 Å². The fourth-order valence-electron chi connectivity index (χ4n) is 1.97. The molecule has 0 saturated carbocycles. The summed E-state index contributed by atoms with van der Waals surface area (Å²) in [5.41, 5.74) is 7.26. The second kappa shape index (κ2) is 5.46. The van der Waals surface area contributed by atoms with Crippen LogP contribution in [0.3, 0.4) is 0 Å². The lowest BCUT2D eigenvalue weighted by molar-refractivity contribution is -0.137. The molecule has 0 aliphatic heterocycles. The van der Waals surface area contributed by atoms with E-state index in [4.69, 9.17) is 27.2 Å². The lowest BCUT2D eigenvalue weighted by Crippen LogP contribution is -2.17. The first-order valence-electron chi connectivity index (χ1n) is 5.34.